The summed E-state index contributed by atoms with van der Waals surface area (Å²) in [6.07, 6.45) is 0. The molecule has 2 aromatic rings. The number of benzene rings is 2. The van der Waals surface area contributed by atoms with Crippen molar-refractivity contribution in [2.45, 2.75) is 17.8 Å². The van der Waals surface area contributed by atoms with Crippen LogP contribution in [0.5, 0.6) is 0 Å². The highest BCUT2D eigenvalue weighted by Crippen LogP contribution is 2.70. The number of fused-ring (bicyclic) bond motifs is 8. The Hall–Kier alpha value is -1.89. The molecule has 1 saturated carbocycles. The molecule has 18 heavy (non-hydrogen) atoms. The molecule has 0 N–H and O–H groups in total. The van der Waals surface area contributed by atoms with E-state index in [9.17, 15) is 4.79 Å². The maximum absolute atomic E-state index is 12.6. The molecule has 3 aliphatic carbocycles. The smallest absolute Gasteiger partial charge is 0.149 e. The Labute approximate surface area is 105 Å². The van der Waals surface area contributed by atoms with Crippen LogP contribution in [0, 0.1) is 5.92 Å². The van der Waals surface area contributed by atoms with Crippen molar-refractivity contribution < 1.29 is 4.79 Å². The van der Waals surface area contributed by atoms with Gasteiger partial charge in [-0.3, -0.25) is 4.79 Å². The first kappa shape index (κ1) is 9.09. The quantitative estimate of drug-likeness (QED) is 0.681. The van der Waals surface area contributed by atoms with Gasteiger partial charge in [0.05, 0.1) is 5.92 Å². The van der Waals surface area contributed by atoms with E-state index in [1.54, 1.807) is 0 Å². The van der Waals surface area contributed by atoms with Gasteiger partial charge in [0.2, 0.25) is 0 Å². The topological polar surface area (TPSA) is 17.1 Å². The van der Waals surface area contributed by atoms with E-state index in [-0.39, 0.29) is 11.8 Å². The number of carbonyl (C=O) groups is 1. The van der Waals surface area contributed by atoms with E-state index < -0.39 is 0 Å². The van der Waals surface area contributed by atoms with Gasteiger partial charge in [0.1, 0.15) is 5.78 Å². The molecule has 0 saturated heterocycles. The lowest BCUT2D eigenvalue weighted by Gasteiger charge is -2.26. The van der Waals surface area contributed by atoms with Gasteiger partial charge in [0.15, 0.2) is 0 Å². The SMILES string of the molecule is O=C1C2c3ccccc3C3C1C3c1ccccc12. The van der Waals surface area contributed by atoms with Gasteiger partial charge in [-0.1, -0.05) is 48.5 Å². The third kappa shape index (κ3) is 0.828. The minimum atomic E-state index is 0.0115. The average molecular weight is 232 g/mol. The predicted molar refractivity (Wildman–Crippen MR) is 68.7 cm³/mol. The highest BCUT2D eigenvalue weighted by Gasteiger charge is 2.64. The van der Waals surface area contributed by atoms with Gasteiger partial charge in [-0.2, -0.15) is 0 Å². The zero-order valence-electron chi connectivity index (χ0n) is 9.84. The monoisotopic (exact) mass is 232 g/mol. The molecule has 3 aliphatic rings. The summed E-state index contributed by atoms with van der Waals surface area (Å²) in [4.78, 5) is 12.6. The Kier molecular flexibility index (Phi) is 1.39. The molecule has 0 aromatic heterocycles. The van der Waals surface area contributed by atoms with E-state index in [1.165, 1.54) is 22.3 Å². The Morgan fingerprint density at radius 1 is 0.611 bits per heavy atom. The fraction of sp³-hybridized carbons (Fsp3) is 0.235. The summed E-state index contributed by atoms with van der Waals surface area (Å²) in [6.45, 7) is 0. The summed E-state index contributed by atoms with van der Waals surface area (Å²) in [5.41, 5.74) is 5.37. The molecular formula is C17H12O. The van der Waals surface area contributed by atoms with Crippen molar-refractivity contribution in [3.05, 3.63) is 70.8 Å². The third-order valence-corrected chi connectivity index (χ3v) is 4.97. The third-order valence-electron chi connectivity index (χ3n) is 4.97. The normalized spacial score (nSPS) is 33.7. The van der Waals surface area contributed by atoms with Crippen molar-refractivity contribution >= 4 is 5.78 Å². The summed E-state index contributed by atoms with van der Waals surface area (Å²) < 4.78 is 0. The summed E-state index contributed by atoms with van der Waals surface area (Å²) in [5.74, 6) is 1.68. The molecule has 2 aromatic carbocycles. The zero-order valence-corrected chi connectivity index (χ0v) is 9.84. The summed E-state index contributed by atoms with van der Waals surface area (Å²) in [6, 6.07) is 17.1. The Balaban J connectivity index is 1.91. The van der Waals surface area contributed by atoms with Crippen molar-refractivity contribution in [3.8, 4) is 0 Å². The minimum Gasteiger partial charge on any atom is -0.298 e. The van der Waals surface area contributed by atoms with Crippen LogP contribution in [0.25, 0.3) is 0 Å². The lowest BCUT2D eigenvalue weighted by molar-refractivity contribution is -0.121. The van der Waals surface area contributed by atoms with Crippen molar-refractivity contribution in [1.82, 2.24) is 0 Å². The molecule has 1 nitrogen and oxygen atoms in total. The van der Waals surface area contributed by atoms with Crippen molar-refractivity contribution in [2.24, 2.45) is 5.92 Å². The van der Waals surface area contributed by atoms with E-state index in [0.717, 1.165) is 0 Å². The minimum absolute atomic E-state index is 0.0115. The first-order valence-electron chi connectivity index (χ1n) is 6.59. The molecule has 2 bridgehead atoms. The molecule has 0 heterocycles. The molecule has 1 fully saturated rings. The molecule has 86 valence electrons. The van der Waals surface area contributed by atoms with Crippen LogP contribution in [0.15, 0.2) is 48.5 Å². The van der Waals surface area contributed by atoms with Crippen molar-refractivity contribution in [3.63, 3.8) is 0 Å². The molecule has 0 radical (unpaired) electrons. The number of hydrogen-bond acceptors (Lipinski definition) is 1. The van der Waals surface area contributed by atoms with E-state index in [4.69, 9.17) is 0 Å². The lowest BCUT2D eigenvalue weighted by atomic mass is 9.75. The Morgan fingerprint density at radius 3 is 1.56 bits per heavy atom. The van der Waals surface area contributed by atoms with E-state index in [2.05, 4.69) is 48.5 Å². The van der Waals surface area contributed by atoms with Gasteiger partial charge in [0, 0.05) is 17.8 Å². The standard InChI is InChI=1S/C17H12O/c18-17-13-9-5-1-3-7-11(9)14-15(16(14)17)12-8-4-2-6-10(12)13/h1-8,13-16H. The lowest BCUT2D eigenvalue weighted by Crippen LogP contribution is -2.24. The molecule has 2 atom stereocenters. The van der Waals surface area contributed by atoms with Crippen LogP contribution >= 0.6 is 0 Å². The molecule has 0 aliphatic heterocycles. The zero-order chi connectivity index (χ0) is 11.9. The van der Waals surface area contributed by atoms with E-state index in [0.29, 0.717) is 17.6 Å². The van der Waals surface area contributed by atoms with E-state index >= 15 is 0 Å². The molecule has 5 rings (SSSR count). The van der Waals surface area contributed by atoms with Gasteiger partial charge in [0.25, 0.3) is 0 Å². The number of hydrogen-bond donors (Lipinski definition) is 0. The predicted octanol–water partition coefficient (Wildman–Crippen LogP) is 3.21. The van der Waals surface area contributed by atoms with Crippen LogP contribution in [-0.2, 0) is 4.79 Å². The highest BCUT2D eigenvalue weighted by molar-refractivity contribution is 6.00. The van der Waals surface area contributed by atoms with Crippen LogP contribution in [0.3, 0.4) is 0 Å². The van der Waals surface area contributed by atoms with Crippen LogP contribution in [0.1, 0.15) is 40.0 Å². The van der Waals surface area contributed by atoms with Gasteiger partial charge in [-0.25, -0.2) is 0 Å². The highest BCUT2D eigenvalue weighted by atomic mass is 16.1. The largest absolute Gasteiger partial charge is 0.298 e. The van der Waals surface area contributed by atoms with E-state index in [1.807, 2.05) is 0 Å². The van der Waals surface area contributed by atoms with Gasteiger partial charge in [-0.05, 0) is 22.3 Å². The first-order valence-corrected chi connectivity index (χ1v) is 6.59. The molecule has 0 spiro atoms. The number of rotatable bonds is 0. The molecular weight excluding hydrogens is 220 g/mol. The summed E-state index contributed by atoms with van der Waals surface area (Å²) >= 11 is 0. The van der Waals surface area contributed by atoms with Gasteiger partial charge < -0.3 is 0 Å². The molecule has 0 amide bonds. The second-order valence-corrected chi connectivity index (χ2v) is 5.67. The van der Waals surface area contributed by atoms with Crippen LogP contribution in [0.4, 0.5) is 0 Å². The molecule has 1 heteroatoms. The van der Waals surface area contributed by atoms with Crippen LogP contribution in [0.2, 0.25) is 0 Å². The van der Waals surface area contributed by atoms with Crippen molar-refractivity contribution in [1.29, 1.82) is 0 Å². The molecule has 2 unspecified atom stereocenters. The number of Topliss-reactive ketones (excluding diaryl/α,β-unsaturated/α-hetero) is 1. The fourth-order valence-corrected chi connectivity index (χ4v) is 4.26. The van der Waals surface area contributed by atoms with Gasteiger partial charge >= 0.3 is 0 Å². The average Bonchev–Trinajstić information content (AvgIpc) is 3.16. The van der Waals surface area contributed by atoms with Crippen LogP contribution < -0.4 is 0 Å². The Bertz CT molecular complexity index is 647. The maximum Gasteiger partial charge on any atom is 0.149 e. The number of ketones is 1. The van der Waals surface area contributed by atoms with Crippen LogP contribution in [-0.4, -0.2) is 5.78 Å². The summed E-state index contributed by atoms with van der Waals surface area (Å²) in [7, 11) is 0. The second-order valence-electron chi connectivity index (χ2n) is 5.67. The van der Waals surface area contributed by atoms with Gasteiger partial charge in [-0.15, -0.1) is 0 Å². The Morgan fingerprint density at radius 2 is 1.06 bits per heavy atom. The van der Waals surface area contributed by atoms with Crippen molar-refractivity contribution in [2.75, 3.05) is 0 Å². The second kappa shape index (κ2) is 2.74. The summed E-state index contributed by atoms with van der Waals surface area (Å²) in [5, 5.41) is 0. The number of carbonyl (C=O) groups excluding carboxylic acids is 1. The maximum atomic E-state index is 12.6. The first-order chi connectivity index (χ1) is 8.88. The fourth-order valence-electron chi connectivity index (χ4n) is 4.26.